The number of rotatable bonds is 1. The van der Waals surface area contributed by atoms with Crippen LogP contribution in [0, 0.1) is 11.3 Å². The van der Waals surface area contributed by atoms with Crippen LogP contribution in [0.5, 0.6) is 0 Å². The van der Waals surface area contributed by atoms with Crippen molar-refractivity contribution in [1.82, 2.24) is 0 Å². The minimum absolute atomic E-state index is 0.216. The van der Waals surface area contributed by atoms with Crippen LogP contribution in [0.25, 0.3) is 0 Å². The number of nitrogens with zero attached hydrogens (tertiary/aromatic N) is 2. The van der Waals surface area contributed by atoms with Gasteiger partial charge in [-0.15, -0.1) is 0 Å². The van der Waals surface area contributed by atoms with E-state index in [2.05, 4.69) is 6.07 Å². The van der Waals surface area contributed by atoms with Gasteiger partial charge in [0, 0.05) is 12.2 Å². The van der Waals surface area contributed by atoms with Crippen molar-refractivity contribution in [2.75, 3.05) is 11.4 Å². The smallest absolute Gasteiger partial charge is 0.356 e. The molecule has 1 aromatic carbocycles. The van der Waals surface area contributed by atoms with E-state index in [9.17, 15) is 13.2 Å². The van der Waals surface area contributed by atoms with Gasteiger partial charge in [-0.05, 0) is 37.1 Å². The number of anilines is 1. The third kappa shape index (κ3) is 2.36. The van der Waals surface area contributed by atoms with Crippen LogP contribution in [0.3, 0.4) is 0 Å². The maximum atomic E-state index is 12.4. The maximum Gasteiger partial charge on any atom is 0.416 e. The lowest BCUT2D eigenvalue weighted by molar-refractivity contribution is -0.137. The first-order valence-electron chi connectivity index (χ1n) is 5.36. The molecular formula is C12H11F3N2. The first-order chi connectivity index (χ1) is 8.02. The van der Waals surface area contributed by atoms with Crippen LogP contribution < -0.4 is 4.90 Å². The molecule has 0 radical (unpaired) electrons. The van der Waals surface area contributed by atoms with Gasteiger partial charge in [-0.1, -0.05) is 0 Å². The van der Waals surface area contributed by atoms with Gasteiger partial charge < -0.3 is 4.90 Å². The van der Waals surface area contributed by atoms with Crippen LogP contribution in [0.4, 0.5) is 18.9 Å². The molecular weight excluding hydrogens is 229 g/mol. The molecule has 1 heterocycles. The lowest BCUT2D eigenvalue weighted by atomic mass is 10.1. The second-order valence-corrected chi connectivity index (χ2v) is 4.03. The summed E-state index contributed by atoms with van der Waals surface area (Å²) < 4.78 is 37.1. The van der Waals surface area contributed by atoms with E-state index in [1.165, 1.54) is 12.1 Å². The number of nitriles is 1. The molecule has 0 aromatic heterocycles. The lowest BCUT2D eigenvalue weighted by Crippen LogP contribution is -2.27. The average molecular weight is 240 g/mol. The molecule has 90 valence electrons. The Kier molecular flexibility index (Phi) is 2.97. The molecule has 5 heteroatoms. The van der Waals surface area contributed by atoms with Gasteiger partial charge in [-0.3, -0.25) is 0 Å². The van der Waals surface area contributed by atoms with Crippen molar-refractivity contribution < 1.29 is 13.2 Å². The minimum atomic E-state index is -4.31. The summed E-state index contributed by atoms with van der Waals surface area (Å²) in [6.45, 7) is 0.726. The van der Waals surface area contributed by atoms with Crippen LogP contribution in [-0.4, -0.2) is 12.6 Å². The lowest BCUT2D eigenvalue weighted by Gasteiger charge is -2.22. The van der Waals surface area contributed by atoms with Gasteiger partial charge in [0.15, 0.2) is 0 Å². The highest BCUT2D eigenvalue weighted by atomic mass is 19.4. The third-order valence-electron chi connectivity index (χ3n) is 2.93. The molecule has 1 aliphatic heterocycles. The van der Waals surface area contributed by atoms with E-state index in [-0.39, 0.29) is 6.04 Å². The van der Waals surface area contributed by atoms with E-state index in [1.54, 1.807) is 0 Å². The van der Waals surface area contributed by atoms with Crippen LogP contribution in [-0.2, 0) is 6.18 Å². The quantitative estimate of drug-likeness (QED) is 0.753. The second-order valence-electron chi connectivity index (χ2n) is 4.03. The van der Waals surface area contributed by atoms with Crippen molar-refractivity contribution in [3.8, 4) is 6.07 Å². The van der Waals surface area contributed by atoms with E-state index in [4.69, 9.17) is 5.26 Å². The highest BCUT2D eigenvalue weighted by molar-refractivity contribution is 5.51. The van der Waals surface area contributed by atoms with Gasteiger partial charge in [-0.2, -0.15) is 18.4 Å². The summed E-state index contributed by atoms with van der Waals surface area (Å²) in [5.74, 6) is 0. The Morgan fingerprint density at radius 3 is 2.41 bits per heavy atom. The Labute approximate surface area is 97.3 Å². The standard InChI is InChI=1S/C12H11F3N2/c13-12(14,15)9-3-5-10(6-4-9)17-7-1-2-11(17)8-16/h3-6,11H,1-2,7H2/t11-/m1/s1. The first kappa shape index (κ1) is 11.8. The van der Waals surface area contributed by atoms with Gasteiger partial charge in [0.2, 0.25) is 0 Å². The fourth-order valence-corrected chi connectivity index (χ4v) is 2.05. The second kappa shape index (κ2) is 4.28. The van der Waals surface area contributed by atoms with E-state index in [0.717, 1.165) is 31.5 Å². The largest absolute Gasteiger partial charge is 0.416 e. The molecule has 1 atom stereocenters. The minimum Gasteiger partial charge on any atom is -0.356 e. The molecule has 0 saturated carbocycles. The van der Waals surface area contributed by atoms with Crippen LogP contribution >= 0.6 is 0 Å². The Morgan fingerprint density at radius 2 is 1.88 bits per heavy atom. The van der Waals surface area contributed by atoms with E-state index < -0.39 is 11.7 Å². The molecule has 0 aliphatic carbocycles. The molecule has 1 saturated heterocycles. The van der Waals surface area contributed by atoms with Crippen LogP contribution in [0.15, 0.2) is 24.3 Å². The van der Waals surface area contributed by atoms with Gasteiger partial charge >= 0.3 is 6.18 Å². The Balaban J connectivity index is 2.21. The van der Waals surface area contributed by atoms with Crippen molar-refractivity contribution in [2.24, 2.45) is 0 Å². The molecule has 0 unspecified atom stereocenters. The maximum absolute atomic E-state index is 12.4. The van der Waals surface area contributed by atoms with Crippen molar-refractivity contribution in [3.05, 3.63) is 29.8 Å². The predicted molar refractivity (Wildman–Crippen MR) is 57.4 cm³/mol. The molecule has 1 fully saturated rings. The van der Waals surface area contributed by atoms with Crippen molar-refractivity contribution in [1.29, 1.82) is 5.26 Å². The highest BCUT2D eigenvalue weighted by Crippen LogP contribution is 2.32. The number of hydrogen-bond donors (Lipinski definition) is 0. The molecule has 1 aromatic rings. The predicted octanol–water partition coefficient (Wildman–Crippen LogP) is 3.20. The fraction of sp³-hybridized carbons (Fsp3) is 0.417. The van der Waals surface area contributed by atoms with Crippen LogP contribution in [0.1, 0.15) is 18.4 Å². The first-order valence-corrected chi connectivity index (χ1v) is 5.36. The molecule has 0 amide bonds. The molecule has 2 nitrogen and oxygen atoms in total. The summed E-state index contributed by atoms with van der Waals surface area (Å²) in [5, 5.41) is 8.91. The fourth-order valence-electron chi connectivity index (χ4n) is 2.05. The number of benzene rings is 1. The van der Waals surface area contributed by atoms with E-state index >= 15 is 0 Å². The molecule has 0 N–H and O–H groups in total. The zero-order chi connectivity index (χ0) is 12.5. The van der Waals surface area contributed by atoms with Gasteiger partial charge in [0.05, 0.1) is 11.6 Å². The van der Waals surface area contributed by atoms with Crippen LogP contribution in [0.2, 0.25) is 0 Å². The summed E-state index contributed by atoms with van der Waals surface area (Å²) in [4.78, 5) is 1.85. The van der Waals surface area contributed by atoms with Crippen molar-refractivity contribution in [3.63, 3.8) is 0 Å². The normalized spacial score (nSPS) is 20.4. The average Bonchev–Trinajstić information content (AvgIpc) is 2.76. The van der Waals surface area contributed by atoms with E-state index in [1.807, 2.05) is 4.90 Å². The summed E-state index contributed by atoms with van der Waals surface area (Å²) in [5.41, 5.74) is 0.0241. The third-order valence-corrected chi connectivity index (χ3v) is 2.93. The Hall–Kier alpha value is -1.70. The molecule has 0 bridgehead atoms. The van der Waals surface area contributed by atoms with Crippen molar-refractivity contribution in [2.45, 2.75) is 25.1 Å². The zero-order valence-corrected chi connectivity index (χ0v) is 9.04. The summed E-state index contributed by atoms with van der Waals surface area (Å²) in [6, 6.07) is 6.92. The highest BCUT2D eigenvalue weighted by Gasteiger charge is 2.31. The zero-order valence-electron chi connectivity index (χ0n) is 9.04. The molecule has 0 spiro atoms. The SMILES string of the molecule is N#C[C@H]1CCCN1c1ccc(C(F)(F)F)cc1. The number of alkyl halides is 3. The van der Waals surface area contributed by atoms with Gasteiger partial charge in [0.25, 0.3) is 0 Å². The van der Waals surface area contributed by atoms with Gasteiger partial charge in [0.1, 0.15) is 6.04 Å². The summed E-state index contributed by atoms with van der Waals surface area (Å²) in [7, 11) is 0. The Bertz CT molecular complexity index is 431. The van der Waals surface area contributed by atoms with Gasteiger partial charge in [-0.25, -0.2) is 0 Å². The topological polar surface area (TPSA) is 27.0 Å². The summed E-state index contributed by atoms with van der Waals surface area (Å²) in [6.07, 6.45) is -2.63. The Morgan fingerprint density at radius 1 is 1.24 bits per heavy atom. The molecule has 1 aliphatic rings. The van der Waals surface area contributed by atoms with E-state index in [0.29, 0.717) is 5.69 Å². The molecule has 17 heavy (non-hydrogen) atoms. The van der Waals surface area contributed by atoms with Crippen molar-refractivity contribution >= 4 is 5.69 Å². The number of hydrogen-bond acceptors (Lipinski definition) is 2. The summed E-state index contributed by atoms with van der Waals surface area (Å²) >= 11 is 0. The molecule has 2 rings (SSSR count). The number of halogens is 3. The monoisotopic (exact) mass is 240 g/mol.